The zero-order valence-electron chi connectivity index (χ0n) is 18.6. The van der Waals surface area contributed by atoms with Crippen LogP contribution in [-0.2, 0) is 10.0 Å². The van der Waals surface area contributed by atoms with Crippen LogP contribution in [0.5, 0.6) is 0 Å². The van der Waals surface area contributed by atoms with Gasteiger partial charge in [-0.05, 0) is 55.8 Å². The van der Waals surface area contributed by atoms with Crippen molar-refractivity contribution >= 4 is 44.9 Å². The van der Waals surface area contributed by atoms with E-state index in [1.807, 2.05) is 19.1 Å². The zero-order valence-corrected chi connectivity index (χ0v) is 21.0. The Hall–Kier alpha value is -1.65. The highest BCUT2D eigenvalue weighted by Crippen LogP contribution is 2.34. The molecule has 0 aliphatic carbocycles. The maximum atomic E-state index is 11.3. The largest absolute Gasteiger partial charge is 0.362 e. The molecule has 8 nitrogen and oxygen atoms in total. The molecule has 0 saturated carbocycles. The van der Waals surface area contributed by atoms with Crippen LogP contribution >= 0.6 is 23.2 Å². The fourth-order valence-electron chi connectivity index (χ4n) is 4.66. The van der Waals surface area contributed by atoms with Crippen LogP contribution < -0.4 is 15.4 Å². The molecule has 2 aliphatic heterocycles. The Morgan fingerprint density at radius 1 is 1.21 bits per heavy atom. The molecule has 3 N–H and O–H groups in total. The van der Waals surface area contributed by atoms with Gasteiger partial charge in [0.1, 0.15) is 11.6 Å². The third kappa shape index (κ3) is 6.48. The summed E-state index contributed by atoms with van der Waals surface area (Å²) < 4.78 is 22.6. The van der Waals surface area contributed by atoms with Crippen molar-refractivity contribution in [1.29, 1.82) is 0 Å². The van der Waals surface area contributed by atoms with E-state index in [1.54, 1.807) is 18.5 Å². The number of piperidine rings is 1. The number of nitrogens with one attached hydrogen (secondary N) is 1. The summed E-state index contributed by atoms with van der Waals surface area (Å²) in [5.41, 5.74) is 0.946. The lowest BCUT2D eigenvalue weighted by Gasteiger charge is -2.47. The van der Waals surface area contributed by atoms with Gasteiger partial charge in [-0.1, -0.05) is 29.3 Å². The lowest BCUT2D eigenvalue weighted by atomic mass is 9.80. The van der Waals surface area contributed by atoms with Crippen molar-refractivity contribution in [1.82, 2.24) is 14.9 Å². The quantitative estimate of drug-likeness (QED) is 0.558. The predicted molar refractivity (Wildman–Crippen MR) is 133 cm³/mol. The second kappa shape index (κ2) is 10.3. The van der Waals surface area contributed by atoms with Crippen LogP contribution in [-0.4, -0.2) is 61.8 Å². The monoisotopic (exact) mass is 512 g/mol. The van der Waals surface area contributed by atoms with E-state index >= 15 is 0 Å². The molecule has 0 bridgehead atoms. The summed E-state index contributed by atoms with van der Waals surface area (Å²) in [7, 11) is -3.42. The van der Waals surface area contributed by atoms with Crippen molar-refractivity contribution < 1.29 is 8.42 Å². The first kappa shape index (κ1) is 24.5. The minimum atomic E-state index is -3.42. The molecule has 33 heavy (non-hydrogen) atoms. The fourth-order valence-corrected chi connectivity index (χ4v) is 5.75. The molecular weight excluding hydrogens is 483 g/mol. The van der Waals surface area contributed by atoms with Crippen LogP contribution in [0.25, 0.3) is 0 Å². The molecule has 2 saturated heterocycles. The molecule has 0 amide bonds. The van der Waals surface area contributed by atoms with Crippen molar-refractivity contribution in [2.24, 2.45) is 17.0 Å². The van der Waals surface area contributed by atoms with Crippen molar-refractivity contribution in [3.05, 3.63) is 46.2 Å². The van der Waals surface area contributed by atoms with Gasteiger partial charge in [0.25, 0.3) is 0 Å². The number of halogens is 2. The molecular formula is C22H30Cl2N6O2S. The maximum absolute atomic E-state index is 11.3. The number of sulfonamides is 1. The van der Waals surface area contributed by atoms with Gasteiger partial charge in [0.2, 0.25) is 10.0 Å². The number of primary sulfonamides is 1. The number of anilines is 2. The molecule has 0 radical (unpaired) electrons. The Labute approximate surface area is 205 Å². The first-order valence-corrected chi connectivity index (χ1v) is 13.7. The van der Waals surface area contributed by atoms with Gasteiger partial charge in [-0.2, -0.15) is 0 Å². The molecule has 1 aromatic carbocycles. The van der Waals surface area contributed by atoms with E-state index in [1.165, 1.54) is 6.42 Å². The third-order valence-electron chi connectivity index (χ3n) is 6.55. The summed E-state index contributed by atoms with van der Waals surface area (Å²) in [5.74, 6) is 2.71. The standard InChI is InChI=1S/C22H30Cl2N6O2S/c1-15(19-5-4-18(23)9-20(19)24)27-21-10-26-11-22(28-21)30-13-17(14-30)16-3-2-6-29(12-16)7-8-33(25,31)32/h4-5,9-11,15-17H,2-3,6-8,12-14H2,1H3,(H,27,28)(H2,25,31,32)/t15-,16+/m1/s1. The Morgan fingerprint density at radius 2 is 2.00 bits per heavy atom. The number of benzene rings is 1. The van der Waals surface area contributed by atoms with Gasteiger partial charge in [-0.3, -0.25) is 4.98 Å². The molecule has 11 heteroatoms. The van der Waals surface area contributed by atoms with Gasteiger partial charge in [0.15, 0.2) is 0 Å². The van der Waals surface area contributed by atoms with Crippen molar-refractivity contribution in [2.75, 3.05) is 48.7 Å². The van der Waals surface area contributed by atoms with Gasteiger partial charge in [-0.15, -0.1) is 0 Å². The van der Waals surface area contributed by atoms with Crippen LogP contribution in [0.15, 0.2) is 30.6 Å². The Kier molecular flexibility index (Phi) is 7.65. The van der Waals surface area contributed by atoms with Gasteiger partial charge < -0.3 is 15.1 Å². The third-order valence-corrected chi connectivity index (χ3v) is 7.86. The normalized spacial score (nSPS) is 21.0. The van der Waals surface area contributed by atoms with Crippen LogP contribution in [0.4, 0.5) is 11.6 Å². The zero-order chi connectivity index (χ0) is 23.6. The molecule has 2 aliphatic rings. The highest BCUT2D eigenvalue weighted by Gasteiger charge is 2.36. The lowest BCUT2D eigenvalue weighted by Crippen LogP contribution is -2.54. The average molecular weight is 513 g/mol. The molecule has 4 rings (SSSR count). The van der Waals surface area contributed by atoms with E-state index in [-0.39, 0.29) is 11.8 Å². The first-order valence-electron chi connectivity index (χ1n) is 11.2. The van der Waals surface area contributed by atoms with E-state index in [2.05, 4.69) is 20.1 Å². The van der Waals surface area contributed by atoms with Crippen molar-refractivity contribution in [3.8, 4) is 0 Å². The number of nitrogens with two attached hydrogens (primary N) is 1. The van der Waals surface area contributed by atoms with E-state index in [4.69, 9.17) is 33.3 Å². The molecule has 180 valence electrons. The minimum Gasteiger partial charge on any atom is -0.362 e. The van der Waals surface area contributed by atoms with E-state index in [9.17, 15) is 8.42 Å². The molecule has 2 fully saturated rings. The SMILES string of the molecule is C[C@@H](Nc1cncc(N2CC([C@H]3CCCN(CCS(N)(=O)=O)C3)C2)n1)c1ccc(Cl)cc1Cl. The van der Waals surface area contributed by atoms with Crippen LogP contribution in [0.2, 0.25) is 10.0 Å². The highest BCUT2D eigenvalue weighted by atomic mass is 35.5. The van der Waals surface area contributed by atoms with Gasteiger partial charge in [0, 0.05) is 36.2 Å². The summed E-state index contributed by atoms with van der Waals surface area (Å²) in [6.45, 7) is 6.28. The summed E-state index contributed by atoms with van der Waals surface area (Å²) in [4.78, 5) is 13.6. The second-order valence-electron chi connectivity index (χ2n) is 9.03. The first-order chi connectivity index (χ1) is 15.7. The lowest BCUT2D eigenvalue weighted by molar-refractivity contribution is 0.125. The number of hydrogen-bond donors (Lipinski definition) is 2. The topological polar surface area (TPSA) is 104 Å². The summed E-state index contributed by atoms with van der Waals surface area (Å²) >= 11 is 12.3. The number of hydrogen-bond acceptors (Lipinski definition) is 7. The van der Waals surface area contributed by atoms with Crippen molar-refractivity contribution in [3.63, 3.8) is 0 Å². The summed E-state index contributed by atoms with van der Waals surface area (Å²) in [6.07, 6.45) is 5.78. The Bertz CT molecular complexity index is 1080. The minimum absolute atomic E-state index is 0.0194. The molecule has 0 spiro atoms. The van der Waals surface area contributed by atoms with Gasteiger partial charge >= 0.3 is 0 Å². The van der Waals surface area contributed by atoms with Gasteiger partial charge in [0.05, 0.1) is 24.2 Å². The van der Waals surface area contributed by atoms with Crippen molar-refractivity contribution in [2.45, 2.75) is 25.8 Å². The van der Waals surface area contributed by atoms with E-state index < -0.39 is 10.0 Å². The smallest absolute Gasteiger partial charge is 0.210 e. The highest BCUT2D eigenvalue weighted by molar-refractivity contribution is 7.89. The number of rotatable bonds is 8. The van der Waals surface area contributed by atoms with Gasteiger partial charge in [-0.25, -0.2) is 18.5 Å². The molecule has 0 unspecified atom stereocenters. The number of nitrogens with zero attached hydrogens (tertiary/aromatic N) is 4. The number of likely N-dealkylation sites (tertiary alicyclic amines) is 1. The fraction of sp³-hybridized carbons (Fsp3) is 0.545. The maximum Gasteiger partial charge on any atom is 0.210 e. The van der Waals surface area contributed by atoms with E-state index in [0.29, 0.717) is 34.2 Å². The average Bonchev–Trinajstić information content (AvgIpc) is 2.71. The Balaban J connectivity index is 1.31. The molecule has 2 atom stereocenters. The molecule has 1 aromatic heterocycles. The second-order valence-corrected chi connectivity index (χ2v) is 11.6. The molecule has 3 heterocycles. The number of aromatic nitrogens is 2. The van der Waals surface area contributed by atoms with E-state index in [0.717, 1.165) is 44.0 Å². The molecule has 2 aromatic rings. The predicted octanol–water partition coefficient (Wildman–Crippen LogP) is 3.39. The Morgan fingerprint density at radius 3 is 2.73 bits per heavy atom. The summed E-state index contributed by atoms with van der Waals surface area (Å²) in [5, 5.41) is 9.76. The van der Waals surface area contributed by atoms with Crippen LogP contribution in [0, 0.1) is 11.8 Å². The van der Waals surface area contributed by atoms with Crippen LogP contribution in [0.3, 0.4) is 0 Å². The van der Waals surface area contributed by atoms with Crippen LogP contribution in [0.1, 0.15) is 31.4 Å². The summed E-state index contributed by atoms with van der Waals surface area (Å²) in [6, 6.07) is 5.43.